The Hall–Kier alpha value is -2.71. The number of carbonyl (C=O) groups excluding carboxylic acids is 3. The molecule has 0 aromatic carbocycles. The zero-order valence-corrected chi connectivity index (χ0v) is 19.1. The van der Waals surface area contributed by atoms with Gasteiger partial charge in [0, 0.05) is 22.8 Å². The lowest BCUT2D eigenvalue weighted by molar-refractivity contribution is -0.156. The van der Waals surface area contributed by atoms with Gasteiger partial charge in [-0.3, -0.25) is 14.5 Å². The third-order valence-electron chi connectivity index (χ3n) is 4.83. The highest BCUT2D eigenvalue weighted by Crippen LogP contribution is 2.45. The summed E-state index contributed by atoms with van der Waals surface area (Å²) < 4.78 is 4.54. The van der Waals surface area contributed by atoms with Gasteiger partial charge in [-0.15, -0.1) is 33.3 Å². The summed E-state index contributed by atoms with van der Waals surface area (Å²) in [5.74, 6) is -2.66. The molecule has 0 spiro atoms. The van der Waals surface area contributed by atoms with Gasteiger partial charge < -0.3 is 9.84 Å². The first-order chi connectivity index (χ1) is 15.4. The largest absolute Gasteiger partial charge is 0.477 e. The number of fused-ring (bicyclic) bond motifs is 1. The van der Waals surface area contributed by atoms with Crippen molar-refractivity contribution in [2.45, 2.75) is 23.5 Å². The van der Waals surface area contributed by atoms with E-state index >= 15 is 0 Å². The van der Waals surface area contributed by atoms with Crippen LogP contribution in [-0.2, 0) is 36.9 Å². The Bertz CT molecular complexity index is 1100. The lowest BCUT2D eigenvalue weighted by Gasteiger charge is -2.48. The van der Waals surface area contributed by atoms with E-state index in [-0.39, 0.29) is 35.4 Å². The van der Waals surface area contributed by atoms with Crippen LogP contribution in [0, 0.1) is 5.92 Å². The number of thiophene rings is 1. The Morgan fingerprint density at radius 2 is 2.19 bits per heavy atom. The van der Waals surface area contributed by atoms with Gasteiger partial charge in [0.2, 0.25) is 11.1 Å². The Kier molecular flexibility index (Phi) is 6.62. The number of aromatic nitrogens is 4. The number of esters is 1. The second-order valence-electron chi connectivity index (χ2n) is 6.83. The number of aliphatic carboxylic acids is 1. The van der Waals surface area contributed by atoms with Gasteiger partial charge >= 0.3 is 11.9 Å². The molecule has 2 aromatic heterocycles. The highest BCUT2D eigenvalue weighted by Gasteiger charge is 2.56. The molecule has 2 aromatic rings. The predicted molar refractivity (Wildman–Crippen MR) is 115 cm³/mol. The van der Waals surface area contributed by atoms with Crippen LogP contribution in [0.25, 0.3) is 0 Å². The zero-order chi connectivity index (χ0) is 22.8. The quantitative estimate of drug-likeness (QED) is 0.227. The number of methoxy groups -OCH3 is 1. The molecule has 11 nitrogen and oxygen atoms in total. The molecule has 168 valence electrons. The lowest BCUT2D eigenvalue weighted by Crippen LogP contribution is -2.64. The third kappa shape index (κ3) is 4.42. The summed E-state index contributed by atoms with van der Waals surface area (Å²) in [5, 5.41) is 23.0. The third-order valence-corrected chi connectivity index (χ3v) is 7.96. The van der Waals surface area contributed by atoms with Crippen molar-refractivity contribution < 1.29 is 29.0 Å². The number of thioether (sulfide) groups is 2. The fourth-order valence-corrected chi connectivity index (χ4v) is 6.40. The Labute approximate surface area is 194 Å². The molecule has 0 aliphatic carbocycles. The van der Waals surface area contributed by atoms with Crippen molar-refractivity contribution in [3.8, 4) is 0 Å². The molecule has 2 atom stereocenters. The van der Waals surface area contributed by atoms with Crippen LogP contribution in [0.15, 0.2) is 33.9 Å². The number of nitrogens with zero attached hydrogens (tertiary/aromatic N) is 5. The second-order valence-corrected chi connectivity index (χ2v) is 9.91. The fraction of sp³-hybridized carbons (Fsp3) is 0.389. The number of hydrogen-bond donors (Lipinski definition) is 1. The van der Waals surface area contributed by atoms with Crippen LogP contribution in [0.2, 0.25) is 0 Å². The van der Waals surface area contributed by atoms with Crippen LogP contribution >= 0.6 is 34.9 Å². The fourth-order valence-electron chi connectivity index (χ4n) is 3.34. The van der Waals surface area contributed by atoms with Crippen molar-refractivity contribution in [3.05, 3.63) is 33.7 Å². The van der Waals surface area contributed by atoms with Gasteiger partial charge in [0.05, 0.1) is 7.11 Å². The van der Waals surface area contributed by atoms with E-state index in [0.29, 0.717) is 11.3 Å². The number of tetrazole rings is 1. The van der Waals surface area contributed by atoms with Crippen molar-refractivity contribution in [2.24, 2.45) is 5.92 Å². The first-order valence-corrected chi connectivity index (χ1v) is 12.2. The van der Waals surface area contributed by atoms with E-state index in [2.05, 4.69) is 20.1 Å². The van der Waals surface area contributed by atoms with Crippen molar-refractivity contribution in [1.29, 1.82) is 0 Å². The average Bonchev–Trinajstić information content (AvgIpc) is 3.43. The highest BCUT2D eigenvalue weighted by molar-refractivity contribution is 8.01. The molecular formula is C18H17N5O6S3. The minimum atomic E-state index is -1.22. The summed E-state index contributed by atoms with van der Waals surface area (Å²) in [6, 6.07) is 3.68. The molecule has 2 aliphatic heterocycles. The Morgan fingerprint density at radius 3 is 2.88 bits per heavy atom. The van der Waals surface area contributed by atoms with Crippen LogP contribution in [0.5, 0.6) is 0 Å². The standard InChI is InChI=1S/C18H17N5O6S3/c1-29-12(25)6-22-20-18(19-21-22)32-8-9-7-31-16-13(11(24)5-10-3-2-4-30-10)15(26)23(16)14(9)17(27)28/h2-4,13,16H,5-8H2,1H3,(H,27,28)/t13?,16-/m0/s1. The molecule has 1 saturated heterocycles. The number of β-lactam (4-membered cyclic amide) rings is 1. The van der Waals surface area contributed by atoms with E-state index in [4.69, 9.17) is 0 Å². The van der Waals surface area contributed by atoms with Crippen molar-refractivity contribution in [1.82, 2.24) is 25.1 Å². The number of carboxylic acid groups (broad SMARTS) is 1. The van der Waals surface area contributed by atoms with Gasteiger partial charge in [-0.25, -0.2) is 9.59 Å². The van der Waals surface area contributed by atoms with Gasteiger partial charge in [0.15, 0.2) is 12.3 Å². The number of rotatable bonds is 9. The summed E-state index contributed by atoms with van der Waals surface area (Å²) in [6.45, 7) is -0.187. The Balaban J connectivity index is 1.44. The first kappa shape index (κ1) is 22.5. The smallest absolute Gasteiger partial charge is 0.352 e. The number of carbonyl (C=O) groups is 4. The maximum Gasteiger partial charge on any atom is 0.352 e. The van der Waals surface area contributed by atoms with Crippen LogP contribution in [0.4, 0.5) is 0 Å². The number of ketones is 1. The van der Waals surface area contributed by atoms with Gasteiger partial charge in [-0.2, -0.15) is 4.80 Å². The second kappa shape index (κ2) is 9.42. The minimum Gasteiger partial charge on any atom is -0.477 e. The van der Waals surface area contributed by atoms with Gasteiger partial charge in [-0.1, -0.05) is 17.8 Å². The highest BCUT2D eigenvalue weighted by atomic mass is 32.2. The van der Waals surface area contributed by atoms with Crippen LogP contribution in [0.3, 0.4) is 0 Å². The van der Waals surface area contributed by atoms with E-state index in [1.165, 1.54) is 35.1 Å². The molecule has 4 heterocycles. The van der Waals surface area contributed by atoms with Crippen molar-refractivity contribution in [2.75, 3.05) is 18.6 Å². The van der Waals surface area contributed by atoms with Crippen LogP contribution in [-0.4, -0.2) is 77.8 Å². The van der Waals surface area contributed by atoms with E-state index in [1.54, 1.807) is 0 Å². The molecule has 32 heavy (non-hydrogen) atoms. The molecule has 1 fully saturated rings. The van der Waals surface area contributed by atoms with Crippen LogP contribution in [0.1, 0.15) is 4.88 Å². The molecule has 0 bridgehead atoms. The summed E-state index contributed by atoms with van der Waals surface area (Å²) >= 11 is 3.97. The molecule has 4 rings (SSSR count). The number of hydrogen-bond acceptors (Lipinski definition) is 11. The number of carboxylic acids is 1. The summed E-state index contributed by atoms with van der Waals surface area (Å²) in [4.78, 5) is 51.8. The van der Waals surface area contributed by atoms with E-state index in [1.807, 2.05) is 17.5 Å². The normalized spacial score (nSPS) is 20.0. The Morgan fingerprint density at radius 1 is 1.38 bits per heavy atom. The molecule has 14 heteroatoms. The maximum absolute atomic E-state index is 12.7. The molecule has 1 N–H and O–H groups in total. The first-order valence-electron chi connectivity index (χ1n) is 9.31. The van der Waals surface area contributed by atoms with E-state index < -0.39 is 29.1 Å². The maximum atomic E-state index is 12.7. The van der Waals surface area contributed by atoms with Crippen LogP contribution < -0.4 is 0 Å². The summed E-state index contributed by atoms with van der Waals surface area (Å²) in [7, 11) is 1.25. The summed E-state index contributed by atoms with van der Waals surface area (Å²) in [5.41, 5.74) is 0.443. The average molecular weight is 496 g/mol. The van der Waals surface area contributed by atoms with Gasteiger partial charge in [0.25, 0.3) is 0 Å². The number of Topliss-reactive ketones (excluding diaryl/α,β-unsaturated/α-hetero) is 1. The van der Waals surface area contributed by atoms with Gasteiger partial charge in [-0.05, 0) is 22.2 Å². The molecular weight excluding hydrogens is 478 g/mol. The predicted octanol–water partition coefficient (Wildman–Crippen LogP) is 0.681. The summed E-state index contributed by atoms with van der Waals surface area (Å²) in [6.07, 6.45) is 0.167. The van der Waals surface area contributed by atoms with E-state index in [9.17, 15) is 24.3 Å². The molecule has 2 aliphatic rings. The minimum absolute atomic E-state index is 0.0895. The molecule has 1 amide bonds. The van der Waals surface area contributed by atoms with Crippen molar-refractivity contribution >= 4 is 58.5 Å². The lowest BCUT2D eigenvalue weighted by atomic mass is 9.89. The molecule has 0 radical (unpaired) electrons. The molecule has 0 saturated carbocycles. The SMILES string of the molecule is COC(=O)Cn1nnc(SCC2=C(C(=O)O)N3C(=O)C(C(=O)Cc4cccs4)[C@@H]3SC2)n1. The topological polar surface area (TPSA) is 145 Å². The van der Waals surface area contributed by atoms with Gasteiger partial charge in [0.1, 0.15) is 17.0 Å². The molecule has 1 unspecified atom stereocenters. The number of ether oxygens (including phenoxy) is 1. The van der Waals surface area contributed by atoms with E-state index in [0.717, 1.165) is 21.4 Å². The monoisotopic (exact) mass is 495 g/mol. The zero-order valence-electron chi connectivity index (χ0n) is 16.7. The number of amides is 1. The van der Waals surface area contributed by atoms with Crippen molar-refractivity contribution in [3.63, 3.8) is 0 Å².